The molecule has 0 aromatic carbocycles. The largest absolute Gasteiger partial charge is 0.369 e. The summed E-state index contributed by atoms with van der Waals surface area (Å²) >= 11 is 0. The first-order valence-electron chi connectivity index (χ1n) is 5.19. The van der Waals surface area contributed by atoms with Gasteiger partial charge in [0.15, 0.2) is 0 Å². The Morgan fingerprint density at radius 2 is 1.93 bits per heavy atom. The van der Waals surface area contributed by atoms with Crippen molar-refractivity contribution in [2.45, 2.75) is 33.2 Å². The first-order valence-corrected chi connectivity index (χ1v) is 5.19. The Morgan fingerprint density at radius 1 is 1.36 bits per heavy atom. The zero-order valence-corrected chi connectivity index (χ0v) is 9.49. The van der Waals surface area contributed by atoms with Crippen molar-refractivity contribution < 1.29 is 4.79 Å². The molecule has 0 saturated carbocycles. The summed E-state index contributed by atoms with van der Waals surface area (Å²) in [4.78, 5) is 12.9. The average molecular weight is 201 g/mol. The lowest BCUT2D eigenvalue weighted by atomic mass is 10.1. The van der Waals surface area contributed by atoms with Crippen LogP contribution in [0.1, 0.15) is 27.2 Å². The fourth-order valence-electron chi connectivity index (χ4n) is 1.49. The highest BCUT2D eigenvalue weighted by Crippen LogP contribution is 2.06. The second kappa shape index (κ2) is 6.79. The maximum Gasteiger partial charge on any atom is 0.231 e. The van der Waals surface area contributed by atoms with Crippen LogP contribution in [0, 0.1) is 5.92 Å². The van der Waals surface area contributed by atoms with E-state index < -0.39 is 0 Å². The van der Waals surface area contributed by atoms with Crippen molar-refractivity contribution in [3.63, 3.8) is 0 Å². The van der Waals surface area contributed by atoms with E-state index in [4.69, 9.17) is 11.5 Å². The number of hydrogen-bond acceptors (Lipinski definition) is 3. The number of carbonyl (C=O) groups excluding carboxylic acids is 1. The maximum absolute atomic E-state index is 10.8. The van der Waals surface area contributed by atoms with Gasteiger partial charge >= 0.3 is 0 Å². The number of nitrogens with zero attached hydrogens (tertiary/aromatic N) is 1. The summed E-state index contributed by atoms with van der Waals surface area (Å²) < 4.78 is 0. The lowest BCUT2D eigenvalue weighted by Crippen LogP contribution is -2.42. The van der Waals surface area contributed by atoms with Crippen molar-refractivity contribution >= 4 is 5.91 Å². The molecule has 0 radical (unpaired) electrons. The smallest absolute Gasteiger partial charge is 0.231 e. The van der Waals surface area contributed by atoms with Gasteiger partial charge in [-0.3, -0.25) is 9.69 Å². The van der Waals surface area contributed by atoms with Gasteiger partial charge in [-0.15, -0.1) is 0 Å². The van der Waals surface area contributed by atoms with Crippen LogP contribution in [0.5, 0.6) is 0 Å². The number of primary amides is 1. The summed E-state index contributed by atoms with van der Waals surface area (Å²) in [6, 6.07) is 0.329. The molecular weight excluding hydrogens is 178 g/mol. The van der Waals surface area contributed by atoms with Gasteiger partial charge < -0.3 is 11.5 Å². The molecule has 0 aliphatic carbocycles. The summed E-state index contributed by atoms with van der Waals surface area (Å²) in [5.41, 5.74) is 10.7. The van der Waals surface area contributed by atoms with Crippen LogP contribution < -0.4 is 11.5 Å². The van der Waals surface area contributed by atoms with Crippen LogP contribution in [-0.4, -0.2) is 36.5 Å². The van der Waals surface area contributed by atoms with E-state index in [0.29, 0.717) is 25.0 Å². The van der Waals surface area contributed by atoms with E-state index >= 15 is 0 Å². The van der Waals surface area contributed by atoms with Crippen LogP contribution in [-0.2, 0) is 4.79 Å². The Labute approximate surface area is 86.6 Å². The maximum atomic E-state index is 10.8. The summed E-state index contributed by atoms with van der Waals surface area (Å²) in [5.74, 6) is 0.268. The molecule has 0 spiro atoms. The van der Waals surface area contributed by atoms with Crippen LogP contribution in [0.3, 0.4) is 0 Å². The first-order chi connectivity index (χ1) is 6.47. The van der Waals surface area contributed by atoms with Gasteiger partial charge in [0.2, 0.25) is 5.91 Å². The molecule has 84 valence electrons. The number of rotatable bonds is 7. The van der Waals surface area contributed by atoms with Crippen LogP contribution in [0.25, 0.3) is 0 Å². The van der Waals surface area contributed by atoms with Crippen LogP contribution in [0.15, 0.2) is 0 Å². The van der Waals surface area contributed by atoms with E-state index in [9.17, 15) is 4.79 Å². The fraction of sp³-hybridized carbons (Fsp3) is 0.900. The van der Waals surface area contributed by atoms with Gasteiger partial charge in [-0.1, -0.05) is 13.8 Å². The van der Waals surface area contributed by atoms with Gasteiger partial charge in [0.1, 0.15) is 0 Å². The molecule has 0 bridgehead atoms. The van der Waals surface area contributed by atoms with E-state index in [1.807, 2.05) is 0 Å². The number of carbonyl (C=O) groups is 1. The minimum atomic E-state index is -0.269. The van der Waals surface area contributed by atoms with Gasteiger partial charge in [0.25, 0.3) is 0 Å². The Bertz CT molecular complexity index is 171. The van der Waals surface area contributed by atoms with E-state index in [1.165, 1.54) is 0 Å². The second-order valence-corrected chi connectivity index (χ2v) is 4.22. The monoisotopic (exact) mass is 201 g/mol. The van der Waals surface area contributed by atoms with E-state index in [2.05, 4.69) is 25.7 Å². The highest BCUT2D eigenvalue weighted by molar-refractivity contribution is 5.75. The van der Waals surface area contributed by atoms with Crippen molar-refractivity contribution in [3.05, 3.63) is 0 Å². The molecule has 4 N–H and O–H groups in total. The molecule has 0 aliphatic rings. The van der Waals surface area contributed by atoms with Crippen LogP contribution in [0.2, 0.25) is 0 Å². The zero-order chi connectivity index (χ0) is 11.1. The topological polar surface area (TPSA) is 72.3 Å². The predicted octanol–water partition coefficient (Wildman–Crippen LogP) is 0.167. The summed E-state index contributed by atoms with van der Waals surface area (Å²) in [5, 5.41) is 0. The highest BCUT2D eigenvalue weighted by atomic mass is 16.1. The fourth-order valence-corrected chi connectivity index (χ4v) is 1.49. The molecule has 0 saturated heterocycles. The van der Waals surface area contributed by atoms with Crippen molar-refractivity contribution in [2.24, 2.45) is 17.4 Å². The number of amides is 1. The van der Waals surface area contributed by atoms with Crippen LogP contribution in [0.4, 0.5) is 0 Å². The van der Waals surface area contributed by atoms with Gasteiger partial charge in [-0.2, -0.15) is 0 Å². The lowest BCUT2D eigenvalue weighted by Gasteiger charge is -2.29. The molecule has 0 fully saturated rings. The Balaban J connectivity index is 4.14. The van der Waals surface area contributed by atoms with Gasteiger partial charge in [-0.25, -0.2) is 0 Å². The zero-order valence-electron chi connectivity index (χ0n) is 9.49. The summed E-state index contributed by atoms with van der Waals surface area (Å²) in [7, 11) is 0. The van der Waals surface area contributed by atoms with E-state index in [1.54, 1.807) is 0 Å². The minimum absolute atomic E-state index is 0.269. The normalized spacial score (nSPS) is 13.6. The number of nitrogens with two attached hydrogens (primary N) is 2. The quantitative estimate of drug-likeness (QED) is 0.616. The van der Waals surface area contributed by atoms with Gasteiger partial charge in [-0.05, 0) is 25.8 Å². The molecular formula is C10H23N3O. The molecule has 1 amide bonds. The third kappa shape index (κ3) is 5.94. The molecule has 4 heteroatoms. The molecule has 0 aromatic heterocycles. The standard InChI is InChI=1S/C10H23N3O/c1-8(2)6-13(7-10(12)14)9(3)4-5-11/h8-9H,4-7,11H2,1-3H3,(H2,12,14). The Morgan fingerprint density at radius 3 is 2.29 bits per heavy atom. The molecule has 4 nitrogen and oxygen atoms in total. The van der Waals surface area contributed by atoms with Crippen molar-refractivity contribution in [3.8, 4) is 0 Å². The third-order valence-electron chi connectivity index (χ3n) is 2.17. The SMILES string of the molecule is CC(C)CN(CC(N)=O)C(C)CCN. The Hall–Kier alpha value is -0.610. The molecule has 0 aromatic rings. The average Bonchev–Trinajstić information content (AvgIpc) is 2.01. The lowest BCUT2D eigenvalue weighted by molar-refractivity contribution is -0.119. The molecule has 0 rings (SSSR count). The predicted molar refractivity (Wildman–Crippen MR) is 58.7 cm³/mol. The number of hydrogen-bond donors (Lipinski definition) is 2. The van der Waals surface area contributed by atoms with Crippen molar-refractivity contribution in [1.82, 2.24) is 4.90 Å². The second-order valence-electron chi connectivity index (χ2n) is 4.22. The molecule has 14 heavy (non-hydrogen) atoms. The molecule has 1 unspecified atom stereocenters. The molecule has 0 aliphatic heterocycles. The van der Waals surface area contributed by atoms with Gasteiger partial charge in [0.05, 0.1) is 6.54 Å². The summed E-state index contributed by atoms with van der Waals surface area (Å²) in [6.07, 6.45) is 0.903. The Kier molecular flexibility index (Phi) is 6.49. The molecule has 0 heterocycles. The van der Waals surface area contributed by atoms with E-state index in [-0.39, 0.29) is 5.91 Å². The highest BCUT2D eigenvalue weighted by Gasteiger charge is 2.16. The van der Waals surface area contributed by atoms with Crippen molar-refractivity contribution in [2.75, 3.05) is 19.6 Å². The summed E-state index contributed by atoms with van der Waals surface area (Å²) in [6.45, 7) is 8.21. The van der Waals surface area contributed by atoms with Crippen LogP contribution >= 0.6 is 0 Å². The third-order valence-corrected chi connectivity index (χ3v) is 2.17. The van der Waals surface area contributed by atoms with Gasteiger partial charge in [0, 0.05) is 12.6 Å². The minimum Gasteiger partial charge on any atom is -0.369 e. The van der Waals surface area contributed by atoms with Crippen molar-refractivity contribution in [1.29, 1.82) is 0 Å². The first kappa shape index (κ1) is 13.4. The molecule has 1 atom stereocenters. The van der Waals surface area contributed by atoms with E-state index in [0.717, 1.165) is 13.0 Å².